The molecule has 1 N–H and O–H groups in total. The van der Waals surface area contributed by atoms with E-state index in [2.05, 4.69) is 53.2 Å². The largest absolute Gasteiger partial charge is 0.369 e. The summed E-state index contributed by atoms with van der Waals surface area (Å²) in [6.45, 7) is 6.46. The van der Waals surface area contributed by atoms with E-state index in [9.17, 15) is 13.2 Å². The zero-order valence-corrected chi connectivity index (χ0v) is 16.3. The van der Waals surface area contributed by atoms with Crippen molar-refractivity contribution in [3.05, 3.63) is 24.3 Å². The minimum absolute atomic E-state index is 0.0853. The number of hydrogen-bond acceptors (Lipinski definition) is 5. The minimum atomic E-state index is -2.87. The highest BCUT2D eigenvalue weighted by atomic mass is 32.2. The lowest BCUT2D eigenvalue weighted by Crippen LogP contribution is -2.54. The number of rotatable bonds is 2. The number of carbonyl (C=O) groups is 1. The number of benzene rings is 1. The Labute approximate surface area is 155 Å². The average molecular weight is 378 g/mol. The van der Waals surface area contributed by atoms with Gasteiger partial charge in [0.05, 0.1) is 11.5 Å². The molecule has 4 aliphatic heterocycles. The van der Waals surface area contributed by atoms with Gasteiger partial charge >= 0.3 is 0 Å². The van der Waals surface area contributed by atoms with Crippen LogP contribution in [-0.4, -0.2) is 57.5 Å². The van der Waals surface area contributed by atoms with Crippen LogP contribution < -0.4 is 15.1 Å². The van der Waals surface area contributed by atoms with Crippen LogP contribution in [0.25, 0.3) is 0 Å². The summed E-state index contributed by atoms with van der Waals surface area (Å²) in [5.41, 5.74) is 2.29. The molecule has 26 heavy (non-hydrogen) atoms. The Morgan fingerprint density at radius 3 is 2.35 bits per heavy atom. The molecule has 2 atom stereocenters. The van der Waals surface area contributed by atoms with E-state index in [0.29, 0.717) is 19.5 Å². The lowest BCUT2D eigenvalue weighted by Gasteiger charge is -2.48. The van der Waals surface area contributed by atoms with Crippen molar-refractivity contribution in [1.82, 2.24) is 5.32 Å². The van der Waals surface area contributed by atoms with E-state index in [1.165, 1.54) is 0 Å². The number of anilines is 2. The molecule has 1 aromatic carbocycles. The fourth-order valence-corrected chi connectivity index (χ4v) is 5.88. The maximum atomic E-state index is 12.1. The Hall–Kier alpha value is -1.76. The van der Waals surface area contributed by atoms with Gasteiger partial charge < -0.3 is 15.1 Å². The molecule has 4 aliphatic rings. The number of nitrogens with one attached hydrogen (secondary N) is 1. The van der Waals surface area contributed by atoms with E-state index in [4.69, 9.17) is 0 Å². The maximum Gasteiger partial charge on any atom is 0.222 e. The van der Waals surface area contributed by atoms with Gasteiger partial charge in [-0.1, -0.05) is 13.8 Å². The third-order valence-corrected chi connectivity index (χ3v) is 7.71. The van der Waals surface area contributed by atoms with Gasteiger partial charge in [-0.3, -0.25) is 4.79 Å². The Bertz CT molecular complexity index is 790. The molecule has 6 nitrogen and oxygen atoms in total. The van der Waals surface area contributed by atoms with Crippen molar-refractivity contribution in [2.75, 3.05) is 40.9 Å². The number of amides is 1. The van der Waals surface area contributed by atoms with Crippen molar-refractivity contribution in [2.45, 2.75) is 38.8 Å². The van der Waals surface area contributed by atoms with Crippen LogP contribution in [0.1, 0.15) is 26.7 Å². The first-order valence-corrected chi connectivity index (χ1v) is 11.2. The Morgan fingerprint density at radius 2 is 1.69 bits per heavy atom. The van der Waals surface area contributed by atoms with Crippen LogP contribution in [0.4, 0.5) is 11.4 Å². The number of carbonyl (C=O) groups excluding carboxylic acids is 1. The van der Waals surface area contributed by atoms with Crippen LogP contribution in [0.2, 0.25) is 0 Å². The van der Waals surface area contributed by atoms with E-state index in [-0.39, 0.29) is 34.9 Å². The summed E-state index contributed by atoms with van der Waals surface area (Å²) in [5.74, 6) is 0.610. The quantitative estimate of drug-likeness (QED) is 0.844. The highest BCUT2D eigenvalue weighted by Crippen LogP contribution is 2.41. The molecule has 4 saturated heterocycles. The molecule has 142 valence electrons. The first-order chi connectivity index (χ1) is 12.2. The van der Waals surface area contributed by atoms with Crippen molar-refractivity contribution in [3.8, 4) is 0 Å². The fraction of sp³-hybridized carbons (Fsp3) is 0.632. The standard InChI is InChI=1S/C19H27N3O3S/c1-19(2)12-14-13-22(17(19)11-18(23)20-14)16-5-3-15(4-6-16)21-7-9-26(24,25)10-8-21/h3-6,14,17H,7-13H2,1-2H3,(H,20,23)/t14?,17-/m1/s1. The van der Waals surface area contributed by atoms with E-state index in [1.54, 1.807) is 0 Å². The molecule has 0 saturated carbocycles. The van der Waals surface area contributed by atoms with E-state index < -0.39 is 9.84 Å². The molecule has 4 heterocycles. The zero-order chi connectivity index (χ0) is 18.5. The first kappa shape index (κ1) is 17.6. The summed E-state index contributed by atoms with van der Waals surface area (Å²) in [4.78, 5) is 16.6. The summed E-state index contributed by atoms with van der Waals surface area (Å²) in [6.07, 6.45) is 1.55. The predicted octanol–water partition coefficient (Wildman–Crippen LogP) is 1.41. The summed E-state index contributed by atoms with van der Waals surface area (Å²) in [6, 6.07) is 8.78. The molecule has 2 bridgehead atoms. The number of fused-ring (bicyclic) bond motifs is 4. The Morgan fingerprint density at radius 1 is 1.08 bits per heavy atom. The van der Waals surface area contributed by atoms with Gasteiger partial charge in [0.2, 0.25) is 5.91 Å². The number of piperidine rings is 1. The van der Waals surface area contributed by atoms with E-state index >= 15 is 0 Å². The number of nitrogens with zero attached hydrogens (tertiary/aromatic N) is 2. The van der Waals surface area contributed by atoms with Gasteiger partial charge in [-0.2, -0.15) is 0 Å². The van der Waals surface area contributed by atoms with E-state index in [1.807, 2.05) is 0 Å². The second-order valence-corrected chi connectivity index (χ2v) is 10.8. The third kappa shape index (κ3) is 3.29. The molecule has 0 aromatic heterocycles. The molecule has 0 aliphatic carbocycles. The molecular formula is C19H27N3O3S. The van der Waals surface area contributed by atoms with Gasteiger partial charge in [0.15, 0.2) is 9.84 Å². The van der Waals surface area contributed by atoms with Crippen LogP contribution in [-0.2, 0) is 14.6 Å². The minimum Gasteiger partial charge on any atom is -0.369 e. The lowest BCUT2D eigenvalue weighted by molar-refractivity contribution is -0.121. The third-order valence-electron chi connectivity index (χ3n) is 6.10. The summed E-state index contributed by atoms with van der Waals surface area (Å²) < 4.78 is 23.2. The molecule has 7 heteroatoms. The van der Waals surface area contributed by atoms with Crippen LogP contribution >= 0.6 is 0 Å². The number of sulfone groups is 1. The zero-order valence-electron chi connectivity index (χ0n) is 15.4. The highest BCUT2D eigenvalue weighted by Gasteiger charge is 2.45. The second-order valence-electron chi connectivity index (χ2n) is 8.48. The topological polar surface area (TPSA) is 69.7 Å². The van der Waals surface area contributed by atoms with Gasteiger partial charge in [0.25, 0.3) is 0 Å². The normalized spacial score (nSPS) is 30.0. The lowest BCUT2D eigenvalue weighted by atomic mass is 9.74. The summed E-state index contributed by atoms with van der Waals surface area (Å²) >= 11 is 0. The van der Waals surface area contributed by atoms with Gasteiger partial charge in [-0.25, -0.2) is 8.42 Å². The van der Waals surface area contributed by atoms with Crippen LogP contribution in [0, 0.1) is 5.41 Å². The van der Waals surface area contributed by atoms with Crippen molar-refractivity contribution >= 4 is 27.1 Å². The average Bonchev–Trinajstić information content (AvgIpc) is 2.79. The van der Waals surface area contributed by atoms with Gasteiger partial charge in [0, 0.05) is 49.5 Å². The van der Waals surface area contributed by atoms with Gasteiger partial charge in [-0.15, -0.1) is 0 Å². The molecule has 1 amide bonds. The monoisotopic (exact) mass is 377 g/mol. The molecule has 1 aromatic rings. The SMILES string of the molecule is CC1(C)CC2CN(c3ccc(N4CCS(=O)(=O)CC4)cc3)[C@@H]1CC(=O)N2. The highest BCUT2D eigenvalue weighted by molar-refractivity contribution is 7.91. The molecular weight excluding hydrogens is 350 g/mol. The van der Waals surface area contributed by atoms with Crippen molar-refractivity contribution < 1.29 is 13.2 Å². The smallest absolute Gasteiger partial charge is 0.222 e. The van der Waals surface area contributed by atoms with Crippen LogP contribution in [0.3, 0.4) is 0 Å². The summed E-state index contributed by atoms with van der Waals surface area (Å²) in [7, 11) is -2.87. The predicted molar refractivity (Wildman–Crippen MR) is 103 cm³/mol. The fourth-order valence-electron chi connectivity index (χ4n) is 4.68. The Kier molecular flexibility index (Phi) is 4.17. The van der Waals surface area contributed by atoms with E-state index in [0.717, 1.165) is 24.3 Å². The molecule has 0 spiro atoms. The molecule has 4 fully saturated rings. The van der Waals surface area contributed by atoms with Gasteiger partial charge in [0.1, 0.15) is 0 Å². The van der Waals surface area contributed by atoms with Crippen LogP contribution in [0.15, 0.2) is 24.3 Å². The summed E-state index contributed by atoms with van der Waals surface area (Å²) in [5, 5.41) is 3.15. The van der Waals surface area contributed by atoms with Crippen molar-refractivity contribution in [2.24, 2.45) is 5.41 Å². The molecule has 5 rings (SSSR count). The van der Waals surface area contributed by atoms with Crippen molar-refractivity contribution in [3.63, 3.8) is 0 Å². The molecule has 1 unspecified atom stereocenters. The molecule has 0 radical (unpaired) electrons. The second kappa shape index (κ2) is 6.15. The number of hydrogen-bond donors (Lipinski definition) is 1. The first-order valence-electron chi connectivity index (χ1n) is 9.35. The Balaban J connectivity index is 1.54. The van der Waals surface area contributed by atoms with Crippen molar-refractivity contribution in [1.29, 1.82) is 0 Å². The van der Waals surface area contributed by atoms with Crippen LogP contribution in [0.5, 0.6) is 0 Å². The van der Waals surface area contributed by atoms with Gasteiger partial charge in [-0.05, 0) is 36.1 Å². The maximum absolute atomic E-state index is 12.1.